The molecule has 0 aromatic carbocycles. The third-order valence-corrected chi connectivity index (χ3v) is 7.45. The van der Waals surface area contributed by atoms with Crippen molar-refractivity contribution >= 4 is 11.7 Å². The SMILES string of the molecule is CC(=O)N1CCN(C2=CC[C@@H](NC3=NCNC(OC4=C[C@H](F)C5N[C@H](C)CC5=C4F)=C3F)CC2)CC1. The van der Waals surface area contributed by atoms with Crippen LogP contribution in [-0.2, 0) is 9.53 Å². The molecule has 5 rings (SSSR count). The standard InChI is InChI=1S/C25H33F3N6O2/c1-14-11-18-21(27)20(12-19(26)23(18)31-14)36-25-22(28)24(29-13-30-25)32-16-3-5-17(6-4-16)34-9-7-33(8-10-34)15(2)35/h5,12,14,16,19,23,30-31H,3-4,6-11,13H2,1-2H3,(H,29,32)/t14-,16-,19+,23?/m1/s1. The van der Waals surface area contributed by atoms with Crippen LogP contribution in [0.4, 0.5) is 13.2 Å². The fourth-order valence-electron chi connectivity index (χ4n) is 5.47. The van der Waals surface area contributed by atoms with E-state index in [0.29, 0.717) is 18.4 Å². The van der Waals surface area contributed by atoms with Gasteiger partial charge in [-0.3, -0.25) is 4.79 Å². The van der Waals surface area contributed by atoms with Gasteiger partial charge in [-0.15, -0.1) is 0 Å². The number of fused-ring (bicyclic) bond motifs is 1. The Kier molecular flexibility index (Phi) is 7.00. The van der Waals surface area contributed by atoms with Crippen LogP contribution in [-0.4, -0.2) is 78.7 Å². The molecule has 3 N–H and O–H groups in total. The minimum atomic E-state index is -1.45. The number of alkyl halides is 1. The third kappa shape index (κ3) is 4.98. The minimum Gasteiger partial charge on any atom is -0.435 e. The molecular weight excluding hydrogens is 473 g/mol. The third-order valence-electron chi connectivity index (χ3n) is 7.45. The van der Waals surface area contributed by atoms with Gasteiger partial charge in [0.05, 0.1) is 6.04 Å². The number of hydrogen-bond donors (Lipinski definition) is 3. The topological polar surface area (TPSA) is 81.2 Å². The summed E-state index contributed by atoms with van der Waals surface area (Å²) in [5.74, 6) is -1.82. The molecule has 3 heterocycles. The van der Waals surface area contributed by atoms with Crippen molar-refractivity contribution in [3.05, 3.63) is 46.7 Å². The highest BCUT2D eigenvalue weighted by molar-refractivity contribution is 5.97. The van der Waals surface area contributed by atoms with E-state index >= 15 is 4.39 Å². The molecule has 0 bridgehead atoms. The molecule has 8 nitrogen and oxygen atoms in total. The lowest BCUT2D eigenvalue weighted by Gasteiger charge is -2.39. The summed E-state index contributed by atoms with van der Waals surface area (Å²) in [6.07, 6.45) is 4.50. The number of amidine groups is 1. The Labute approximate surface area is 209 Å². The molecule has 2 aliphatic carbocycles. The fraction of sp³-hybridized carbons (Fsp3) is 0.600. The van der Waals surface area contributed by atoms with Gasteiger partial charge in [-0.2, -0.15) is 4.39 Å². The monoisotopic (exact) mass is 506 g/mol. The van der Waals surface area contributed by atoms with Gasteiger partial charge in [0.1, 0.15) is 12.8 Å². The summed E-state index contributed by atoms with van der Waals surface area (Å²) in [5.41, 5.74) is 1.58. The Morgan fingerprint density at radius 3 is 2.69 bits per heavy atom. The van der Waals surface area contributed by atoms with E-state index in [1.54, 1.807) is 6.92 Å². The van der Waals surface area contributed by atoms with Crippen LogP contribution in [0.1, 0.15) is 39.5 Å². The van der Waals surface area contributed by atoms with E-state index in [0.717, 1.165) is 45.1 Å². The van der Waals surface area contributed by atoms with Crippen LogP contribution in [0.3, 0.4) is 0 Å². The van der Waals surface area contributed by atoms with E-state index in [9.17, 15) is 13.6 Å². The van der Waals surface area contributed by atoms with Crippen LogP contribution in [0.15, 0.2) is 51.7 Å². The number of piperazine rings is 1. The summed E-state index contributed by atoms with van der Waals surface area (Å²) in [7, 11) is 0. The molecule has 1 amide bonds. The first-order valence-corrected chi connectivity index (χ1v) is 12.6. The van der Waals surface area contributed by atoms with E-state index in [1.807, 2.05) is 11.8 Å². The number of rotatable bonds is 4. The molecular formula is C25H33F3N6O2. The zero-order valence-corrected chi connectivity index (χ0v) is 20.6. The molecule has 0 aromatic heterocycles. The van der Waals surface area contributed by atoms with Gasteiger partial charge in [0.2, 0.25) is 17.6 Å². The van der Waals surface area contributed by atoms with Gasteiger partial charge in [0.15, 0.2) is 17.4 Å². The first-order valence-electron chi connectivity index (χ1n) is 12.6. The first-order chi connectivity index (χ1) is 17.3. The predicted octanol–water partition coefficient (Wildman–Crippen LogP) is 2.50. The Morgan fingerprint density at radius 1 is 1.22 bits per heavy atom. The van der Waals surface area contributed by atoms with Gasteiger partial charge >= 0.3 is 0 Å². The summed E-state index contributed by atoms with van der Waals surface area (Å²) in [6.45, 7) is 6.61. The zero-order valence-electron chi connectivity index (χ0n) is 20.6. The number of aliphatic imine (C=N–C) groups is 1. The summed E-state index contributed by atoms with van der Waals surface area (Å²) in [5, 5.41) is 8.87. The molecule has 0 saturated carbocycles. The van der Waals surface area contributed by atoms with E-state index in [1.165, 1.54) is 5.70 Å². The second-order valence-electron chi connectivity index (χ2n) is 9.96. The highest BCUT2D eigenvalue weighted by Gasteiger charge is 2.39. The molecule has 1 unspecified atom stereocenters. The smallest absolute Gasteiger partial charge is 0.235 e. The number of halogens is 3. The Bertz CT molecular complexity index is 1060. The number of allylic oxidation sites excluding steroid dienone is 2. The van der Waals surface area contributed by atoms with Crippen molar-refractivity contribution < 1.29 is 22.7 Å². The van der Waals surface area contributed by atoms with Crippen molar-refractivity contribution in [2.75, 3.05) is 32.8 Å². The maximum atomic E-state index is 15.2. The number of carbonyl (C=O) groups is 1. The van der Waals surface area contributed by atoms with Gasteiger partial charge in [-0.05, 0) is 44.3 Å². The highest BCUT2D eigenvalue weighted by atomic mass is 19.1. The molecule has 3 aliphatic heterocycles. The molecule has 2 fully saturated rings. The van der Waals surface area contributed by atoms with E-state index in [2.05, 4.69) is 31.9 Å². The normalized spacial score (nSPS) is 30.9. The lowest BCUT2D eigenvalue weighted by molar-refractivity contribution is -0.130. The van der Waals surface area contributed by atoms with Gasteiger partial charge in [-0.1, -0.05) is 6.08 Å². The zero-order chi connectivity index (χ0) is 25.4. The van der Waals surface area contributed by atoms with Crippen LogP contribution in [0, 0.1) is 0 Å². The number of nitrogens with zero attached hydrogens (tertiary/aromatic N) is 3. The van der Waals surface area contributed by atoms with E-state index in [-0.39, 0.29) is 42.1 Å². The average Bonchev–Trinajstić information content (AvgIpc) is 3.28. The van der Waals surface area contributed by atoms with Crippen molar-refractivity contribution in [3.63, 3.8) is 0 Å². The Hall–Kier alpha value is -2.95. The van der Waals surface area contributed by atoms with Crippen molar-refractivity contribution in [2.45, 2.75) is 63.8 Å². The van der Waals surface area contributed by atoms with Crippen molar-refractivity contribution in [3.8, 4) is 0 Å². The van der Waals surface area contributed by atoms with Crippen molar-refractivity contribution in [1.29, 1.82) is 0 Å². The second-order valence-corrected chi connectivity index (χ2v) is 9.96. The molecule has 5 aliphatic rings. The highest BCUT2D eigenvalue weighted by Crippen LogP contribution is 2.37. The second kappa shape index (κ2) is 10.2. The minimum absolute atomic E-state index is 0.00844. The van der Waals surface area contributed by atoms with Crippen molar-refractivity contribution in [1.82, 2.24) is 25.8 Å². The van der Waals surface area contributed by atoms with Gasteiger partial charge in [0.25, 0.3) is 0 Å². The summed E-state index contributed by atoms with van der Waals surface area (Å²) >= 11 is 0. The lowest BCUT2D eigenvalue weighted by atomic mass is 9.96. The van der Waals surface area contributed by atoms with Gasteiger partial charge in [-0.25, -0.2) is 13.8 Å². The molecule has 0 aromatic rings. The quantitative estimate of drug-likeness (QED) is 0.544. The summed E-state index contributed by atoms with van der Waals surface area (Å²) in [4.78, 5) is 19.9. The van der Waals surface area contributed by atoms with Crippen LogP contribution in [0.5, 0.6) is 0 Å². The molecule has 36 heavy (non-hydrogen) atoms. The molecule has 4 atom stereocenters. The van der Waals surface area contributed by atoms with Crippen LogP contribution in [0.25, 0.3) is 0 Å². The van der Waals surface area contributed by atoms with E-state index < -0.39 is 23.9 Å². The maximum Gasteiger partial charge on any atom is 0.235 e. The molecule has 196 valence electrons. The number of ether oxygens (including phenoxy) is 1. The number of amides is 1. The van der Waals surface area contributed by atoms with Crippen LogP contribution >= 0.6 is 0 Å². The van der Waals surface area contributed by atoms with Gasteiger partial charge < -0.3 is 30.5 Å². The number of carbonyl (C=O) groups excluding carboxylic acids is 1. The molecule has 0 spiro atoms. The summed E-state index contributed by atoms with van der Waals surface area (Å²) < 4.78 is 50.3. The molecule has 11 heteroatoms. The first kappa shape index (κ1) is 24.7. The van der Waals surface area contributed by atoms with E-state index in [4.69, 9.17) is 4.74 Å². The molecule has 0 radical (unpaired) electrons. The molecule has 2 saturated heterocycles. The predicted molar refractivity (Wildman–Crippen MR) is 129 cm³/mol. The van der Waals surface area contributed by atoms with Crippen molar-refractivity contribution in [2.24, 2.45) is 4.99 Å². The van der Waals surface area contributed by atoms with Crippen LogP contribution < -0.4 is 16.0 Å². The largest absolute Gasteiger partial charge is 0.435 e. The number of nitrogens with one attached hydrogen (secondary N) is 3. The number of hydrogen-bond acceptors (Lipinski definition) is 7. The fourth-order valence-corrected chi connectivity index (χ4v) is 5.47. The maximum absolute atomic E-state index is 15.2. The Balaban J connectivity index is 1.20. The van der Waals surface area contributed by atoms with Gasteiger partial charge in [0, 0.05) is 50.9 Å². The lowest BCUT2D eigenvalue weighted by Crippen LogP contribution is -2.48. The Morgan fingerprint density at radius 2 is 2.00 bits per heavy atom. The summed E-state index contributed by atoms with van der Waals surface area (Å²) in [6, 6.07) is -0.749. The average molecular weight is 507 g/mol. The van der Waals surface area contributed by atoms with Crippen LogP contribution in [0.2, 0.25) is 0 Å².